The fourth-order valence-corrected chi connectivity index (χ4v) is 1.88. The van der Waals surface area contributed by atoms with Crippen molar-refractivity contribution in [3.05, 3.63) is 37.9 Å². The van der Waals surface area contributed by atoms with Crippen LogP contribution in [0.5, 0.6) is 0 Å². The molecule has 1 aromatic carbocycles. The van der Waals surface area contributed by atoms with E-state index in [9.17, 15) is 14.9 Å². The highest BCUT2D eigenvalue weighted by molar-refractivity contribution is 6.43. The highest BCUT2D eigenvalue weighted by atomic mass is 35.5. The molecule has 0 fully saturated rings. The number of hydrogen-bond acceptors (Lipinski definition) is 3. The number of rotatable bonds is 4. The van der Waals surface area contributed by atoms with E-state index in [1.165, 1.54) is 11.0 Å². The summed E-state index contributed by atoms with van der Waals surface area (Å²) in [5.74, 6) is -0.321. The second-order valence-corrected chi connectivity index (χ2v) is 4.56. The monoisotopic (exact) mass is 290 g/mol. The van der Waals surface area contributed by atoms with Crippen molar-refractivity contribution in [2.45, 2.75) is 13.3 Å². The Bertz CT molecular complexity index is 491. The van der Waals surface area contributed by atoms with Gasteiger partial charge in [-0.1, -0.05) is 30.1 Å². The molecule has 0 heterocycles. The maximum atomic E-state index is 12.0. The second kappa shape index (κ2) is 6.02. The SMILES string of the molecule is CCCN(C)C(=O)c1cc(Cl)c(Cl)c([N+](=O)[O-])c1. The lowest BCUT2D eigenvalue weighted by Gasteiger charge is -2.16. The van der Waals surface area contributed by atoms with Gasteiger partial charge in [0.25, 0.3) is 11.6 Å². The highest BCUT2D eigenvalue weighted by Crippen LogP contribution is 2.33. The van der Waals surface area contributed by atoms with Gasteiger partial charge in [-0.15, -0.1) is 0 Å². The van der Waals surface area contributed by atoms with E-state index >= 15 is 0 Å². The molecule has 0 saturated heterocycles. The first-order valence-corrected chi connectivity index (χ1v) is 6.03. The summed E-state index contributed by atoms with van der Waals surface area (Å²) in [6, 6.07) is 2.48. The molecule has 98 valence electrons. The van der Waals surface area contributed by atoms with Crippen molar-refractivity contribution in [1.29, 1.82) is 0 Å². The Morgan fingerprint density at radius 1 is 1.44 bits per heavy atom. The van der Waals surface area contributed by atoms with Crippen molar-refractivity contribution in [3.8, 4) is 0 Å². The Morgan fingerprint density at radius 3 is 2.56 bits per heavy atom. The number of benzene rings is 1. The average Bonchev–Trinajstić information content (AvgIpc) is 2.31. The molecule has 0 N–H and O–H groups in total. The number of nitro benzene ring substituents is 1. The van der Waals surface area contributed by atoms with Gasteiger partial charge in [0, 0.05) is 25.2 Å². The first kappa shape index (κ1) is 14.7. The van der Waals surface area contributed by atoms with Crippen LogP contribution in [0.15, 0.2) is 12.1 Å². The molecule has 7 heteroatoms. The number of carbonyl (C=O) groups is 1. The standard InChI is InChI=1S/C11H12Cl2N2O3/c1-3-4-14(2)11(16)7-5-8(12)10(13)9(6-7)15(17)18/h5-6H,3-4H2,1-2H3. The van der Waals surface area contributed by atoms with Gasteiger partial charge in [-0.05, 0) is 12.5 Å². The first-order chi connectivity index (χ1) is 8.38. The smallest absolute Gasteiger partial charge is 0.290 e. The zero-order valence-electron chi connectivity index (χ0n) is 9.94. The van der Waals surface area contributed by atoms with E-state index in [-0.39, 0.29) is 27.2 Å². The van der Waals surface area contributed by atoms with Crippen molar-refractivity contribution in [2.75, 3.05) is 13.6 Å². The van der Waals surface area contributed by atoms with Crippen molar-refractivity contribution in [2.24, 2.45) is 0 Å². The Balaban J connectivity index is 3.19. The minimum atomic E-state index is -0.662. The van der Waals surface area contributed by atoms with E-state index in [2.05, 4.69) is 0 Å². The Hall–Kier alpha value is -1.33. The van der Waals surface area contributed by atoms with Crippen molar-refractivity contribution in [3.63, 3.8) is 0 Å². The number of halogens is 2. The minimum Gasteiger partial charge on any atom is -0.342 e. The molecule has 0 aliphatic carbocycles. The van der Waals surface area contributed by atoms with Crippen molar-refractivity contribution >= 4 is 34.8 Å². The summed E-state index contributed by atoms with van der Waals surface area (Å²) >= 11 is 11.5. The molecular formula is C11H12Cl2N2O3. The Labute approximate surface area is 114 Å². The van der Waals surface area contributed by atoms with Crippen LogP contribution in [0.2, 0.25) is 10.0 Å². The number of hydrogen-bond donors (Lipinski definition) is 0. The molecule has 1 amide bonds. The molecule has 0 spiro atoms. The molecule has 0 bridgehead atoms. The molecule has 0 aliphatic rings. The van der Waals surface area contributed by atoms with Gasteiger partial charge >= 0.3 is 0 Å². The predicted octanol–water partition coefficient (Wildman–Crippen LogP) is 3.38. The first-order valence-electron chi connectivity index (χ1n) is 5.27. The summed E-state index contributed by atoms with van der Waals surface area (Å²) in [5.41, 5.74) is -0.204. The van der Waals surface area contributed by atoms with Gasteiger partial charge in [-0.25, -0.2) is 0 Å². The molecule has 18 heavy (non-hydrogen) atoms. The van der Waals surface area contributed by atoms with Crippen LogP contribution in [0.3, 0.4) is 0 Å². The van der Waals surface area contributed by atoms with Gasteiger partial charge in [0.2, 0.25) is 0 Å². The summed E-state index contributed by atoms with van der Waals surface area (Å²) in [4.78, 5) is 23.6. The van der Waals surface area contributed by atoms with Gasteiger partial charge in [0.1, 0.15) is 5.02 Å². The third-order valence-electron chi connectivity index (χ3n) is 2.36. The summed E-state index contributed by atoms with van der Waals surface area (Å²) in [6.45, 7) is 2.49. The van der Waals surface area contributed by atoms with Crippen molar-refractivity contribution in [1.82, 2.24) is 4.90 Å². The van der Waals surface area contributed by atoms with Crippen LogP contribution >= 0.6 is 23.2 Å². The topological polar surface area (TPSA) is 63.5 Å². The summed E-state index contributed by atoms with van der Waals surface area (Å²) in [5, 5.41) is 10.6. The van der Waals surface area contributed by atoms with Gasteiger partial charge in [0.05, 0.1) is 9.95 Å². The summed E-state index contributed by atoms with van der Waals surface area (Å²) in [6.07, 6.45) is 0.797. The number of amides is 1. The Kier molecular flexibility index (Phi) is 4.93. The third kappa shape index (κ3) is 3.11. The van der Waals surface area contributed by atoms with E-state index in [0.29, 0.717) is 6.54 Å². The van der Waals surface area contributed by atoms with E-state index in [4.69, 9.17) is 23.2 Å². The molecule has 1 rings (SSSR count). The van der Waals surface area contributed by atoms with E-state index in [0.717, 1.165) is 12.5 Å². The molecule has 0 unspecified atom stereocenters. The molecular weight excluding hydrogens is 279 g/mol. The largest absolute Gasteiger partial charge is 0.342 e. The maximum absolute atomic E-state index is 12.0. The number of carbonyl (C=O) groups excluding carboxylic acids is 1. The zero-order chi connectivity index (χ0) is 13.9. The molecule has 0 atom stereocenters. The molecule has 1 aromatic rings. The third-order valence-corrected chi connectivity index (χ3v) is 3.15. The second-order valence-electron chi connectivity index (χ2n) is 3.77. The molecule has 0 radical (unpaired) electrons. The molecule has 5 nitrogen and oxygen atoms in total. The van der Waals surface area contributed by atoms with E-state index in [1.54, 1.807) is 7.05 Å². The molecule has 0 saturated carbocycles. The van der Waals surface area contributed by atoms with Crippen LogP contribution in [0.4, 0.5) is 5.69 Å². The highest BCUT2D eigenvalue weighted by Gasteiger charge is 2.21. The van der Waals surface area contributed by atoms with Gasteiger partial charge in [-0.3, -0.25) is 14.9 Å². The summed E-state index contributed by atoms with van der Waals surface area (Å²) < 4.78 is 0. The maximum Gasteiger partial charge on any atom is 0.290 e. The van der Waals surface area contributed by atoms with Gasteiger partial charge in [-0.2, -0.15) is 0 Å². The molecule has 0 aromatic heterocycles. The van der Waals surface area contributed by atoms with Crippen LogP contribution in [-0.2, 0) is 0 Å². The van der Waals surface area contributed by atoms with Gasteiger partial charge < -0.3 is 4.90 Å². The van der Waals surface area contributed by atoms with E-state index < -0.39 is 4.92 Å². The lowest BCUT2D eigenvalue weighted by atomic mass is 10.1. The fourth-order valence-electron chi connectivity index (χ4n) is 1.49. The predicted molar refractivity (Wildman–Crippen MR) is 70.4 cm³/mol. The minimum absolute atomic E-state index is 0.000819. The Morgan fingerprint density at radius 2 is 2.06 bits per heavy atom. The normalized spacial score (nSPS) is 10.2. The lowest BCUT2D eigenvalue weighted by Crippen LogP contribution is -2.27. The van der Waals surface area contributed by atoms with Crippen molar-refractivity contribution < 1.29 is 9.72 Å². The van der Waals surface area contributed by atoms with Crippen LogP contribution < -0.4 is 0 Å². The number of nitrogens with zero attached hydrogens (tertiary/aromatic N) is 2. The lowest BCUT2D eigenvalue weighted by molar-refractivity contribution is -0.384. The van der Waals surface area contributed by atoms with Crippen LogP contribution in [0.25, 0.3) is 0 Å². The molecule has 0 aliphatic heterocycles. The average molecular weight is 291 g/mol. The van der Waals surface area contributed by atoms with Crippen LogP contribution in [0.1, 0.15) is 23.7 Å². The van der Waals surface area contributed by atoms with Gasteiger partial charge in [0.15, 0.2) is 0 Å². The van der Waals surface area contributed by atoms with Crippen LogP contribution in [0, 0.1) is 10.1 Å². The van der Waals surface area contributed by atoms with Crippen LogP contribution in [-0.4, -0.2) is 29.3 Å². The van der Waals surface area contributed by atoms with E-state index in [1.807, 2.05) is 6.92 Å². The summed E-state index contributed by atoms with van der Waals surface area (Å²) in [7, 11) is 1.63. The fraction of sp³-hybridized carbons (Fsp3) is 0.364. The quantitative estimate of drug-likeness (QED) is 0.631. The zero-order valence-corrected chi connectivity index (χ0v) is 11.5. The number of nitro groups is 1.